The minimum atomic E-state index is -0.874. The van der Waals surface area contributed by atoms with Gasteiger partial charge in [-0.25, -0.2) is 0 Å². The van der Waals surface area contributed by atoms with Crippen molar-refractivity contribution in [3.8, 4) is 0 Å². The van der Waals surface area contributed by atoms with Gasteiger partial charge in [-0.3, -0.25) is 19.6 Å². The van der Waals surface area contributed by atoms with Crippen LogP contribution in [-0.2, 0) is 25.4 Å². The van der Waals surface area contributed by atoms with Crippen LogP contribution in [0.5, 0.6) is 0 Å². The summed E-state index contributed by atoms with van der Waals surface area (Å²) in [5, 5.41) is 0. The van der Waals surface area contributed by atoms with Crippen molar-refractivity contribution in [1.82, 2.24) is 9.80 Å². The first-order chi connectivity index (χ1) is 18.0. The predicted octanol–water partition coefficient (Wildman–Crippen LogP) is 4.30. The Morgan fingerprint density at radius 3 is 2.57 bits per heavy atom. The number of rotatable bonds is 11. The van der Waals surface area contributed by atoms with E-state index < -0.39 is 17.4 Å². The molecule has 7 heteroatoms. The van der Waals surface area contributed by atoms with Crippen LogP contribution in [0.25, 0.3) is 0 Å². The number of esters is 1. The molecular formula is C30H45N3O4. The topological polar surface area (TPSA) is 63.6 Å². The van der Waals surface area contributed by atoms with Crippen LogP contribution in [0.3, 0.4) is 0 Å². The Hall–Kier alpha value is -1.80. The van der Waals surface area contributed by atoms with Crippen LogP contribution in [0.2, 0.25) is 0 Å². The van der Waals surface area contributed by atoms with Gasteiger partial charge in [0.15, 0.2) is 11.4 Å². The second-order valence-electron chi connectivity index (χ2n) is 11.4. The van der Waals surface area contributed by atoms with E-state index >= 15 is 0 Å². The van der Waals surface area contributed by atoms with Crippen LogP contribution in [0.4, 0.5) is 0 Å². The van der Waals surface area contributed by atoms with E-state index in [0.717, 1.165) is 38.2 Å². The van der Waals surface area contributed by atoms with Gasteiger partial charge in [-0.05, 0) is 32.8 Å². The molecule has 0 aliphatic carbocycles. The Labute approximate surface area is 222 Å². The molecular weight excluding hydrogens is 466 g/mol. The minimum Gasteiger partial charge on any atom is -0.466 e. The molecule has 4 aliphatic heterocycles. The van der Waals surface area contributed by atoms with E-state index in [-0.39, 0.29) is 17.9 Å². The molecule has 1 unspecified atom stereocenters. The molecule has 4 aliphatic rings. The molecule has 1 spiro atoms. The number of aliphatic imine (C=N–C) groups is 1. The third-order valence-electron chi connectivity index (χ3n) is 8.91. The zero-order chi connectivity index (χ0) is 26.0. The normalized spacial score (nSPS) is 33.6. The first kappa shape index (κ1) is 26.8. The molecule has 1 aromatic rings. The summed E-state index contributed by atoms with van der Waals surface area (Å²) >= 11 is 0. The smallest absolute Gasteiger partial charge is 0.314 e. The fraction of sp³-hybridized carbons (Fsp3) is 0.733. The van der Waals surface area contributed by atoms with Gasteiger partial charge in [0.25, 0.3) is 0 Å². The third-order valence-corrected chi connectivity index (χ3v) is 8.91. The number of hydrogen-bond donors (Lipinski definition) is 0. The van der Waals surface area contributed by atoms with Crippen molar-refractivity contribution in [2.75, 3.05) is 39.5 Å². The summed E-state index contributed by atoms with van der Waals surface area (Å²) in [5.41, 5.74) is 0.593. The molecule has 204 valence electrons. The zero-order valence-corrected chi connectivity index (χ0v) is 23.2. The number of benzene rings is 1. The Balaban J connectivity index is 1.60. The summed E-state index contributed by atoms with van der Waals surface area (Å²) in [6.07, 6.45) is 6.54. The number of fused-ring (bicyclic) bond motifs is 1. The van der Waals surface area contributed by atoms with E-state index in [2.05, 4.69) is 54.8 Å². The standard InChI is InChI=1S/C30H45N3O4/c1-5-7-8-12-15-26-29-24(21-33(26)22(3)4)27(28(34)36-6-2)30(37-29,32-16-18-35-19-17-32)25(31-29)20-23-13-10-9-11-14-23/h9-11,13-14,22,24,26-27H,5-8,12,15-21H2,1-4H3/t24?,26-,27+,29+,30-/m0/s1. The Bertz CT molecular complexity index is 963. The summed E-state index contributed by atoms with van der Waals surface area (Å²) in [6.45, 7) is 12.6. The number of likely N-dealkylation sites (tertiary alicyclic amines) is 1. The second-order valence-corrected chi connectivity index (χ2v) is 11.4. The van der Waals surface area contributed by atoms with Crippen LogP contribution in [0.15, 0.2) is 35.3 Å². The highest BCUT2D eigenvalue weighted by molar-refractivity contribution is 6.01. The van der Waals surface area contributed by atoms with Gasteiger partial charge in [0.2, 0.25) is 0 Å². The van der Waals surface area contributed by atoms with E-state index in [9.17, 15) is 4.79 Å². The summed E-state index contributed by atoms with van der Waals surface area (Å²) < 4.78 is 18.9. The van der Waals surface area contributed by atoms with Crippen molar-refractivity contribution < 1.29 is 19.0 Å². The lowest BCUT2D eigenvalue weighted by molar-refractivity contribution is -0.182. The summed E-state index contributed by atoms with van der Waals surface area (Å²) in [7, 11) is 0. The van der Waals surface area contributed by atoms with Crippen molar-refractivity contribution >= 4 is 11.7 Å². The van der Waals surface area contributed by atoms with Crippen LogP contribution in [-0.4, -0.2) is 84.5 Å². The van der Waals surface area contributed by atoms with Crippen molar-refractivity contribution in [2.45, 2.75) is 89.8 Å². The Morgan fingerprint density at radius 2 is 1.89 bits per heavy atom. The summed E-state index contributed by atoms with van der Waals surface area (Å²) in [5.74, 6) is -0.562. The average Bonchev–Trinajstić information content (AvgIpc) is 3.50. The van der Waals surface area contributed by atoms with Gasteiger partial charge >= 0.3 is 5.97 Å². The first-order valence-electron chi connectivity index (χ1n) is 14.6. The lowest BCUT2D eigenvalue weighted by Crippen LogP contribution is -2.64. The molecule has 0 aromatic heterocycles. The third kappa shape index (κ3) is 4.56. The van der Waals surface area contributed by atoms with Crippen LogP contribution in [0, 0.1) is 11.8 Å². The SMILES string of the molecule is CCCCCC[C@@H]1N(C(C)C)CC2[C@H](C(=O)OCC)[C@@]3(N4CCOCC4)O[C@]21N=C3Cc1ccccc1. The number of unbranched alkanes of at least 4 members (excludes halogenated alkanes) is 3. The quantitative estimate of drug-likeness (QED) is 0.326. The molecule has 1 aromatic carbocycles. The van der Waals surface area contributed by atoms with Crippen molar-refractivity contribution in [1.29, 1.82) is 0 Å². The maximum absolute atomic E-state index is 13.9. The summed E-state index contributed by atoms with van der Waals surface area (Å²) in [4.78, 5) is 24.3. The molecule has 3 fully saturated rings. The lowest BCUT2D eigenvalue weighted by atomic mass is 9.74. The lowest BCUT2D eigenvalue weighted by Gasteiger charge is -2.45. The minimum absolute atomic E-state index is 0.0208. The number of morpholine rings is 1. The van der Waals surface area contributed by atoms with E-state index in [0.29, 0.717) is 32.3 Å². The molecule has 7 nitrogen and oxygen atoms in total. The number of ether oxygens (including phenoxy) is 3. The van der Waals surface area contributed by atoms with Gasteiger partial charge in [0, 0.05) is 38.0 Å². The molecule has 37 heavy (non-hydrogen) atoms. The molecule has 2 bridgehead atoms. The summed E-state index contributed by atoms with van der Waals surface area (Å²) in [6, 6.07) is 11.0. The van der Waals surface area contributed by atoms with Crippen LogP contribution in [0.1, 0.15) is 65.4 Å². The number of carbonyl (C=O) groups excluding carboxylic acids is 1. The molecule has 0 amide bonds. The van der Waals surface area contributed by atoms with Gasteiger partial charge in [0.1, 0.15) is 5.92 Å². The fourth-order valence-electron chi connectivity index (χ4n) is 7.31. The van der Waals surface area contributed by atoms with Gasteiger partial charge in [-0.1, -0.05) is 62.9 Å². The van der Waals surface area contributed by atoms with E-state index in [4.69, 9.17) is 19.2 Å². The highest BCUT2D eigenvalue weighted by Gasteiger charge is 2.78. The highest BCUT2D eigenvalue weighted by Crippen LogP contribution is 2.62. The highest BCUT2D eigenvalue weighted by atomic mass is 16.6. The van der Waals surface area contributed by atoms with Crippen molar-refractivity contribution in [3.63, 3.8) is 0 Å². The first-order valence-corrected chi connectivity index (χ1v) is 14.6. The van der Waals surface area contributed by atoms with Crippen LogP contribution >= 0.6 is 0 Å². The zero-order valence-electron chi connectivity index (χ0n) is 23.2. The molecule has 0 saturated carbocycles. The van der Waals surface area contributed by atoms with Gasteiger partial charge in [0.05, 0.1) is 31.6 Å². The van der Waals surface area contributed by atoms with E-state index in [1.807, 2.05) is 13.0 Å². The largest absolute Gasteiger partial charge is 0.466 e. The van der Waals surface area contributed by atoms with Crippen molar-refractivity contribution in [3.05, 3.63) is 35.9 Å². The van der Waals surface area contributed by atoms with Gasteiger partial charge in [-0.2, -0.15) is 0 Å². The average molecular weight is 512 g/mol. The molecule has 3 saturated heterocycles. The Morgan fingerprint density at radius 1 is 1.14 bits per heavy atom. The van der Waals surface area contributed by atoms with Crippen LogP contribution < -0.4 is 0 Å². The molecule has 4 heterocycles. The predicted molar refractivity (Wildman–Crippen MR) is 145 cm³/mol. The monoisotopic (exact) mass is 511 g/mol. The number of nitrogens with zero attached hydrogens (tertiary/aromatic N) is 3. The van der Waals surface area contributed by atoms with Crippen molar-refractivity contribution in [2.24, 2.45) is 16.8 Å². The second kappa shape index (κ2) is 11.1. The molecule has 5 atom stereocenters. The fourth-order valence-corrected chi connectivity index (χ4v) is 7.31. The maximum atomic E-state index is 13.9. The molecule has 5 rings (SSSR count). The van der Waals surface area contributed by atoms with E-state index in [1.54, 1.807) is 0 Å². The molecule has 0 N–H and O–H groups in total. The van der Waals surface area contributed by atoms with Gasteiger partial charge < -0.3 is 14.2 Å². The number of carbonyl (C=O) groups is 1. The van der Waals surface area contributed by atoms with Gasteiger partial charge in [-0.15, -0.1) is 0 Å². The molecule has 0 radical (unpaired) electrons. The van der Waals surface area contributed by atoms with E-state index in [1.165, 1.54) is 24.8 Å². The Kier molecular flexibility index (Phi) is 8.06. The number of hydrogen-bond acceptors (Lipinski definition) is 7. The maximum Gasteiger partial charge on any atom is 0.314 e.